The zero-order valence-corrected chi connectivity index (χ0v) is 12.9. The molecule has 0 aliphatic rings. The molecular formula is C17H29NO. The van der Waals surface area contributed by atoms with Crippen LogP contribution in [0.2, 0.25) is 0 Å². The van der Waals surface area contributed by atoms with Crippen molar-refractivity contribution in [2.45, 2.75) is 65.3 Å². The fourth-order valence-electron chi connectivity index (χ4n) is 2.59. The third kappa shape index (κ3) is 4.87. The predicted molar refractivity (Wildman–Crippen MR) is 82.9 cm³/mol. The lowest BCUT2D eigenvalue weighted by molar-refractivity contribution is 0.339. The zero-order chi connectivity index (χ0) is 14.3. The Balaban J connectivity index is 2.89. The molecule has 1 rings (SSSR count). The van der Waals surface area contributed by atoms with Crippen LogP contribution in [0.25, 0.3) is 0 Å². The molecule has 2 heteroatoms. The van der Waals surface area contributed by atoms with Crippen LogP contribution in [0.1, 0.15) is 64.0 Å². The fourth-order valence-corrected chi connectivity index (χ4v) is 2.59. The Labute approximate surface area is 118 Å². The molecule has 0 fully saturated rings. The largest absolute Gasteiger partial charge is 0.494 e. The maximum absolute atomic E-state index is 5.89. The minimum absolute atomic E-state index is 0.293. The van der Waals surface area contributed by atoms with Gasteiger partial charge in [-0.15, -0.1) is 0 Å². The van der Waals surface area contributed by atoms with Crippen LogP contribution < -0.4 is 10.5 Å². The molecule has 0 bridgehead atoms. The lowest BCUT2D eigenvalue weighted by Gasteiger charge is -2.20. The second-order valence-corrected chi connectivity index (χ2v) is 5.31. The first-order valence-corrected chi connectivity index (χ1v) is 7.63. The quantitative estimate of drug-likeness (QED) is 0.760. The number of hydrogen-bond donors (Lipinski definition) is 1. The first-order valence-electron chi connectivity index (χ1n) is 7.63. The van der Waals surface area contributed by atoms with Crippen molar-refractivity contribution in [3.8, 4) is 5.75 Å². The molecule has 19 heavy (non-hydrogen) atoms. The van der Waals surface area contributed by atoms with Crippen LogP contribution in [0.4, 0.5) is 0 Å². The number of hydrogen-bond acceptors (Lipinski definition) is 2. The normalized spacial score (nSPS) is 14.2. The Morgan fingerprint density at radius 2 is 1.89 bits per heavy atom. The fraction of sp³-hybridized carbons (Fsp3) is 0.647. The maximum Gasteiger partial charge on any atom is 0.119 e. The van der Waals surface area contributed by atoms with Crippen LogP contribution in [0.15, 0.2) is 18.2 Å². The van der Waals surface area contributed by atoms with E-state index in [2.05, 4.69) is 39.0 Å². The number of rotatable bonds is 8. The summed E-state index contributed by atoms with van der Waals surface area (Å²) in [7, 11) is 0. The van der Waals surface area contributed by atoms with Crippen molar-refractivity contribution in [1.29, 1.82) is 0 Å². The Hall–Kier alpha value is -1.02. The van der Waals surface area contributed by atoms with Gasteiger partial charge in [-0.3, -0.25) is 0 Å². The first-order chi connectivity index (χ1) is 9.12. The van der Waals surface area contributed by atoms with Gasteiger partial charge in [-0.05, 0) is 68.7 Å². The number of ether oxygens (including phenoxy) is 1. The van der Waals surface area contributed by atoms with Crippen LogP contribution >= 0.6 is 0 Å². The highest BCUT2D eigenvalue weighted by molar-refractivity contribution is 5.38. The van der Waals surface area contributed by atoms with Crippen molar-refractivity contribution < 1.29 is 4.74 Å². The average molecular weight is 263 g/mol. The minimum Gasteiger partial charge on any atom is -0.494 e. The van der Waals surface area contributed by atoms with E-state index in [-0.39, 0.29) is 0 Å². The van der Waals surface area contributed by atoms with Crippen molar-refractivity contribution >= 4 is 0 Å². The predicted octanol–water partition coefficient (Wildman–Crippen LogP) is 4.27. The minimum atomic E-state index is 0.293. The second-order valence-electron chi connectivity index (χ2n) is 5.31. The van der Waals surface area contributed by atoms with Gasteiger partial charge in [0, 0.05) is 6.04 Å². The molecule has 108 valence electrons. The van der Waals surface area contributed by atoms with Crippen LogP contribution in [0.3, 0.4) is 0 Å². The van der Waals surface area contributed by atoms with Crippen molar-refractivity contribution in [1.82, 2.24) is 0 Å². The third-order valence-corrected chi connectivity index (χ3v) is 3.71. The molecule has 2 N–H and O–H groups in total. The van der Waals surface area contributed by atoms with Crippen molar-refractivity contribution in [2.24, 2.45) is 5.73 Å². The molecule has 2 atom stereocenters. The maximum atomic E-state index is 5.89. The molecular weight excluding hydrogens is 234 g/mol. The summed E-state index contributed by atoms with van der Waals surface area (Å²) in [5.41, 5.74) is 8.79. The van der Waals surface area contributed by atoms with Crippen LogP contribution in [-0.2, 0) is 6.42 Å². The Kier molecular flexibility index (Phi) is 6.93. The van der Waals surface area contributed by atoms with Gasteiger partial charge in [0.1, 0.15) is 5.75 Å². The summed E-state index contributed by atoms with van der Waals surface area (Å²) in [5, 5.41) is 0. The van der Waals surface area contributed by atoms with Gasteiger partial charge < -0.3 is 10.5 Å². The summed E-state index contributed by atoms with van der Waals surface area (Å²) in [6.07, 6.45) is 4.50. The van der Waals surface area contributed by atoms with E-state index in [0.29, 0.717) is 12.0 Å². The highest BCUT2D eigenvalue weighted by Gasteiger charge is 2.14. The van der Waals surface area contributed by atoms with Gasteiger partial charge in [0.2, 0.25) is 0 Å². The van der Waals surface area contributed by atoms with Gasteiger partial charge in [0.15, 0.2) is 0 Å². The summed E-state index contributed by atoms with van der Waals surface area (Å²) < 4.78 is 5.59. The highest BCUT2D eigenvalue weighted by atomic mass is 16.5. The van der Waals surface area contributed by atoms with E-state index < -0.39 is 0 Å². The molecule has 1 aromatic carbocycles. The van der Waals surface area contributed by atoms with E-state index in [1.165, 1.54) is 24.0 Å². The summed E-state index contributed by atoms with van der Waals surface area (Å²) in [6.45, 7) is 9.32. The summed E-state index contributed by atoms with van der Waals surface area (Å²) in [4.78, 5) is 0. The van der Waals surface area contributed by atoms with Gasteiger partial charge >= 0.3 is 0 Å². The van der Waals surface area contributed by atoms with Crippen LogP contribution in [-0.4, -0.2) is 12.6 Å². The van der Waals surface area contributed by atoms with E-state index in [4.69, 9.17) is 10.5 Å². The molecule has 0 radical (unpaired) electrons. The molecule has 0 saturated heterocycles. The zero-order valence-electron chi connectivity index (χ0n) is 12.9. The Bertz CT molecular complexity index is 374. The molecule has 0 amide bonds. The Morgan fingerprint density at radius 3 is 2.42 bits per heavy atom. The van der Waals surface area contributed by atoms with Gasteiger partial charge in [0.05, 0.1) is 6.61 Å². The molecule has 0 spiro atoms. The molecule has 2 unspecified atom stereocenters. The molecule has 0 aliphatic carbocycles. The van der Waals surface area contributed by atoms with E-state index in [9.17, 15) is 0 Å². The Morgan fingerprint density at radius 1 is 1.16 bits per heavy atom. The van der Waals surface area contributed by atoms with Crippen molar-refractivity contribution in [3.05, 3.63) is 29.3 Å². The number of benzene rings is 1. The molecule has 0 heterocycles. The third-order valence-electron chi connectivity index (χ3n) is 3.71. The smallest absolute Gasteiger partial charge is 0.119 e. The average Bonchev–Trinajstić information content (AvgIpc) is 2.40. The second kappa shape index (κ2) is 8.21. The lowest BCUT2D eigenvalue weighted by atomic mass is 9.86. The van der Waals surface area contributed by atoms with Crippen LogP contribution in [0, 0.1) is 0 Å². The molecule has 2 nitrogen and oxygen atoms in total. The molecule has 1 aromatic rings. The standard InChI is InChI=1S/C17H29NO/c1-5-14(9-8-13(4)18)17-11-10-16(19-7-3)12-15(17)6-2/h10-14H,5-9,18H2,1-4H3. The van der Waals surface area contributed by atoms with Gasteiger partial charge in [-0.25, -0.2) is 0 Å². The number of nitrogens with two attached hydrogens (primary N) is 1. The van der Waals surface area contributed by atoms with Crippen molar-refractivity contribution in [3.63, 3.8) is 0 Å². The summed E-state index contributed by atoms with van der Waals surface area (Å²) >= 11 is 0. The summed E-state index contributed by atoms with van der Waals surface area (Å²) in [5.74, 6) is 1.61. The van der Waals surface area contributed by atoms with Crippen molar-refractivity contribution in [2.75, 3.05) is 6.61 Å². The van der Waals surface area contributed by atoms with Crippen LogP contribution in [0.5, 0.6) is 5.75 Å². The van der Waals surface area contributed by atoms with E-state index in [0.717, 1.165) is 25.2 Å². The number of aryl methyl sites for hydroxylation is 1. The van der Waals surface area contributed by atoms with Gasteiger partial charge in [0.25, 0.3) is 0 Å². The summed E-state index contributed by atoms with van der Waals surface area (Å²) in [6, 6.07) is 6.85. The molecule has 0 aromatic heterocycles. The first kappa shape index (κ1) is 16.0. The SMILES string of the molecule is CCOc1ccc(C(CC)CCC(C)N)c(CC)c1. The topological polar surface area (TPSA) is 35.2 Å². The lowest BCUT2D eigenvalue weighted by Crippen LogP contribution is -2.16. The molecule has 0 saturated carbocycles. The monoisotopic (exact) mass is 263 g/mol. The van der Waals surface area contributed by atoms with Gasteiger partial charge in [-0.1, -0.05) is 19.9 Å². The van der Waals surface area contributed by atoms with E-state index in [1.54, 1.807) is 0 Å². The van der Waals surface area contributed by atoms with E-state index >= 15 is 0 Å². The van der Waals surface area contributed by atoms with Gasteiger partial charge in [-0.2, -0.15) is 0 Å². The highest BCUT2D eigenvalue weighted by Crippen LogP contribution is 2.30. The van der Waals surface area contributed by atoms with E-state index in [1.807, 2.05) is 6.92 Å². The molecule has 0 aliphatic heterocycles.